The first-order valence-electron chi connectivity index (χ1n) is 6.73. The number of fused-ring (bicyclic) bond motifs is 1. The topological polar surface area (TPSA) is 32.7 Å². The Morgan fingerprint density at radius 3 is 2.86 bits per heavy atom. The van der Waals surface area contributed by atoms with E-state index in [2.05, 4.69) is 22.0 Å². The maximum Gasteiger partial charge on any atom is 0.237 e. The number of allylic oxidation sites excluding steroid dienone is 2. The number of halogens is 1. The van der Waals surface area contributed by atoms with E-state index in [1.165, 1.54) is 5.56 Å². The molecule has 2 aliphatic rings. The van der Waals surface area contributed by atoms with Crippen molar-refractivity contribution in [3.05, 3.63) is 58.6 Å². The van der Waals surface area contributed by atoms with Gasteiger partial charge in [0.25, 0.3) is 0 Å². The number of hydrogen-bond donors (Lipinski definition) is 0. The molecule has 5 heteroatoms. The Bertz CT molecular complexity index is 653. The molecule has 0 spiro atoms. The maximum atomic E-state index is 12.4. The van der Waals surface area contributed by atoms with E-state index < -0.39 is 0 Å². The summed E-state index contributed by atoms with van der Waals surface area (Å²) in [5.74, 6) is 0.757. The van der Waals surface area contributed by atoms with E-state index in [0.29, 0.717) is 0 Å². The Morgan fingerprint density at radius 2 is 2.05 bits per heavy atom. The maximum absolute atomic E-state index is 12.4. The molecule has 3 rings (SSSR count). The minimum absolute atomic E-state index is 0.0552. The molecule has 1 amide bonds. The second-order valence-electron chi connectivity index (χ2n) is 4.98. The predicted octanol–water partition coefficient (Wildman–Crippen LogP) is 3.62. The molecule has 2 atom stereocenters. The average molecular weight is 363 g/mol. The van der Waals surface area contributed by atoms with Gasteiger partial charge < -0.3 is 0 Å². The van der Waals surface area contributed by atoms with Crippen LogP contribution in [0, 0.1) is 5.92 Å². The molecule has 0 unspecified atom stereocenters. The number of nitrogens with zero attached hydrogens (tertiary/aromatic N) is 2. The Labute approximate surface area is 136 Å². The van der Waals surface area contributed by atoms with Gasteiger partial charge in [0.1, 0.15) is 0 Å². The zero-order valence-electron chi connectivity index (χ0n) is 11.6. The van der Waals surface area contributed by atoms with Gasteiger partial charge in [-0.2, -0.15) is 0 Å². The van der Waals surface area contributed by atoms with Gasteiger partial charge in [-0.25, -0.2) is 0 Å². The van der Waals surface area contributed by atoms with Crippen LogP contribution >= 0.6 is 27.7 Å². The summed E-state index contributed by atoms with van der Waals surface area (Å²) in [5.41, 5.74) is 1.20. The second-order valence-corrected chi connectivity index (χ2v) is 6.77. The molecule has 1 aliphatic heterocycles. The fourth-order valence-corrected chi connectivity index (χ4v) is 4.00. The van der Waals surface area contributed by atoms with Crippen LogP contribution < -0.4 is 0 Å². The highest BCUT2D eigenvalue weighted by atomic mass is 79.9. The first-order chi connectivity index (χ1) is 10.2. The van der Waals surface area contributed by atoms with Crippen LogP contribution in [0.5, 0.6) is 0 Å². The van der Waals surface area contributed by atoms with E-state index in [0.717, 1.165) is 15.4 Å². The lowest BCUT2D eigenvalue weighted by Gasteiger charge is -2.32. The molecule has 0 radical (unpaired) electrons. The molecule has 0 N–H and O–H groups in total. The van der Waals surface area contributed by atoms with Gasteiger partial charge in [-0.15, -0.1) is 0 Å². The number of amides is 1. The molecule has 0 saturated heterocycles. The third-order valence-corrected chi connectivity index (χ3v) is 5.45. The van der Waals surface area contributed by atoms with E-state index in [1.54, 1.807) is 23.7 Å². The SMILES string of the molecule is CN1C(=O)[C@H]2C=CC=C[C@H]2N=C1SCc1ccccc1Br. The first-order valence-corrected chi connectivity index (χ1v) is 8.51. The fourth-order valence-electron chi connectivity index (χ4n) is 2.37. The third kappa shape index (κ3) is 2.99. The molecule has 1 aromatic rings. The standard InChI is InChI=1S/C16H15BrN2OS/c1-19-15(20)12-7-3-5-9-14(12)18-16(19)21-10-11-6-2-4-8-13(11)17/h2-9,12,14H,10H2,1H3/t12-,14+/m0/s1. The highest BCUT2D eigenvalue weighted by Crippen LogP contribution is 2.29. The highest BCUT2D eigenvalue weighted by molar-refractivity contribution is 9.10. The van der Waals surface area contributed by atoms with Gasteiger partial charge in [0.2, 0.25) is 5.91 Å². The quantitative estimate of drug-likeness (QED) is 0.804. The first kappa shape index (κ1) is 14.6. The van der Waals surface area contributed by atoms with Crippen molar-refractivity contribution in [1.82, 2.24) is 4.90 Å². The van der Waals surface area contributed by atoms with Crippen LogP contribution in [-0.4, -0.2) is 29.1 Å². The number of benzene rings is 1. The van der Waals surface area contributed by atoms with Crippen molar-refractivity contribution in [1.29, 1.82) is 0 Å². The van der Waals surface area contributed by atoms with Gasteiger partial charge >= 0.3 is 0 Å². The number of aliphatic imine (C=N–C) groups is 1. The summed E-state index contributed by atoms with van der Waals surface area (Å²) in [6, 6.07) is 8.06. The Morgan fingerprint density at radius 1 is 1.29 bits per heavy atom. The van der Waals surface area contributed by atoms with Crippen molar-refractivity contribution in [2.45, 2.75) is 11.8 Å². The largest absolute Gasteiger partial charge is 0.294 e. The van der Waals surface area contributed by atoms with Crippen LogP contribution in [0.15, 0.2) is 58.0 Å². The molecule has 1 heterocycles. The van der Waals surface area contributed by atoms with E-state index in [9.17, 15) is 4.79 Å². The highest BCUT2D eigenvalue weighted by Gasteiger charge is 2.34. The average Bonchev–Trinajstić information content (AvgIpc) is 2.51. The van der Waals surface area contributed by atoms with Gasteiger partial charge in [0.15, 0.2) is 5.17 Å². The summed E-state index contributed by atoms with van der Waals surface area (Å²) in [7, 11) is 1.80. The molecule has 0 saturated carbocycles. The van der Waals surface area contributed by atoms with E-state index in [4.69, 9.17) is 4.99 Å². The normalized spacial score (nSPS) is 24.0. The van der Waals surface area contributed by atoms with Crippen molar-refractivity contribution < 1.29 is 4.79 Å². The van der Waals surface area contributed by atoms with Crippen molar-refractivity contribution >= 4 is 38.8 Å². The van der Waals surface area contributed by atoms with Crippen molar-refractivity contribution in [3.63, 3.8) is 0 Å². The molecule has 3 nitrogen and oxygen atoms in total. The third-order valence-electron chi connectivity index (χ3n) is 3.58. The van der Waals surface area contributed by atoms with Crippen LogP contribution in [0.3, 0.4) is 0 Å². The zero-order valence-corrected chi connectivity index (χ0v) is 14.0. The molecule has 0 fully saturated rings. The van der Waals surface area contributed by atoms with Crippen LogP contribution in [-0.2, 0) is 10.5 Å². The number of rotatable bonds is 2. The van der Waals surface area contributed by atoms with Crippen LogP contribution in [0.25, 0.3) is 0 Å². The molecular formula is C16H15BrN2OS. The molecule has 1 aromatic carbocycles. The summed E-state index contributed by atoms with van der Waals surface area (Å²) >= 11 is 5.15. The lowest BCUT2D eigenvalue weighted by atomic mass is 9.93. The Kier molecular flexibility index (Phi) is 4.31. The smallest absolute Gasteiger partial charge is 0.237 e. The summed E-state index contributed by atoms with van der Waals surface area (Å²) in [5, 5.41) is 0.789. The predicted molar refractivity (Wildman–Crippen MR) is 91.2 cm³/mol. The lowest BCUT2D eigenvalue weighted by molar-refractivity contribution is -0.129. The summed E-state index contributed by atoms with van der Waals surface area (Å²) in [4.78, 5) is 18.8. The van der Waals surface area contributed by atoms with Crippen molar-refractivity contribution in [2.75, 3.05) is 7.05 Å². The molecule has 0 aromatic heterocycles. The summed E-state index contributed by atoms with van der Waals surface area (Å²) in [6.45, 7) is 0. The minimum atomic E-state index is -0.146. The molecular weight excluding hydrogens is 348 g/mol. The zero-order chi connectivity index (χ0) is 14.8. The van der Waals surface area contributed by atoms with Gasteiger partial charge in [-0.3, -0.25) is 14.7 Å². The van der Waals surface area contributed by atoms with Crippen LogP contribution in [0.2, 0.25) is 0 Å². The van der Waals surface area contributed by atoms with Gasteiger partial charge in [0, 0.05) is 17.3 Å². The summed E-state index contributed by atoms with van der Waals surface area (Å²) in [6.07, 6.45) is 7.80. The van der Waals surface area contributed by atoms with Gasteiger partial charge in [-0.1, -0.05) is 70.2 Å². The number of carbonyl (C=O) groups excluding carboxylic acids is 1. The minimum Gasteiger partial charge on any atom is -0.294 e. The molecule has 108 valence electrons. The van der Waals surface area contributed by atoms with Gasteiger partial charge in [0.05, 0.1) is 12.0 Å². The van der Waals surface area contributed by atoms with E-state index in [1.807, 2.05) is 42.5 Å². The number of thioether (sulfide) groups is 1. The molecule has 0 bridgehead atoms. The van der Waals surface area contributed by atoms with Crippen molar-refractivity contribution in [2.24, 2.45) is 10.9 Å². The van der Waals surface area contributed by atoms with Crippen molar-refractivity contribution in [3.8, 4) is 0 Å². The number of hydrogen-bond acceptors (Lipinski definition) is 3. The summed E-state index contributed by atoms with van der Waals surface area (Å²) < 4.78 is 1.08. The van der Waals surface area contributed by atoms with Crippen LogP contribution in [0.1, 0.15) is 5.56 Å². The lowest BCUT2D eigenvalue weighted by Crippen LogP contribution is -2.45. The fraction of sp³-hybridized carbons (Fsp3) is 0.250. The van der Waals surface area contributed by atoms with E-state index >= 15 is 0 Å². The monoisotopic (exact) mass is 362 g/mol. The number of carbonyl (C=O) groups is 1. The Balaban J connectivity index is 1.77. The number of amidine groups is 1. The van der Waals surface area contributed by atoms with Gasteiger partial charge in [-0.05, 0) is 11.6 Å². The van der Waals surface area contributed by atoms with E-state index in [-0.39, 0.29) is 17.9 Å². The van der Waals surface area contributed by atoms with Crippen LogP contribution in [0.4, 0.5) is 0 Å². The molecule has 21 heavy (non-hydrogen) atoms. The Hall–Kier alpha value is -1.33. The second kappa shape index (κ2) is 6.20. The molecule has 1 aliphatic carbocycles.